The third-order valence-corrected chi connectivity index (χ3v) is 3.84. The molecule has 100 valence electrons. The number of carbonyl (C=O) groups is 1. The minimum Gasteiger partial charge on any atom is -0.469 e. The van der Waals surface area contributed by atoms with E-state index in [1.165, 1.54) is 7.11 Å². The maximum atomic E-state index is 11.6. The Hall–Kier alpha value is -1.63. The summed E-state index contributed by atoms with van der Waals surface area (Å²) in [5.41, 5.74) is 0.919. The van der Waals surface area contributed by atoms with Crippen LogP contribution < -0.4 is 0 Å². The summed E-state index contributed by atoms with van der Waals surface area (Å²) in [6.07, 6.45) is 3.20. The van der Waals surface area contributed by atoms with Gasteiger partial charge < -0.3 is 14.3 Å². The van der Waals surface area contributed by atoms with Gasteiger partial charge in [0.1, 0.15) is 5.82 Å². The highest BCUT2D eigenvalue weighted by atomic mass is 79.9. The zero-order valence-corrected chi connectivity index (χ0v) is 12.0. The van der Waals surface area contributed by atoms with Gasteiger partial charge in [-0.15, -0.1) is 10.2 Å². The molecule has 7 heteroatoms. The van der Waals surface area contributed by atoms with E-state index in [1.807, 2.05) is 12.3 Å². The largest absolute Gasteiger partial charge is 0.469 e. The molecule has 1 aliphatic heterocycles. The van der Waals surface area contributed by atoms with Crippen molar-refractivity contribution in [3.05, 3.63) is 22.6 Å². The van der Waals surface area contributed by atoms with Crippen LogP contribution in [0.15, 0.2) is 16.7 Å². The minimum atomic E-state index is -0.168. The fourth-order valence-corrected chi connectivity index (χ4v) is 2.74. The van der Waals surface area contributed by atoms with E-state index in [1.54, 1.807) is 0 Å². The summed E-state index contributed by atoms with van der Waals surface area (Å²) in [7, 11) is 1.42. The predicted octanol–water partition coefficient (Wildman–Crippen LogP) is 1.77. The maximum absolute atomic E-state index is 11.6. The lowest BCUT2D eigenvalue weighted by molar-refractivity contribution is -0.146. The molecule has 0 aromatic carbocycles. The highest BCUT2D eigenvalue weighted by Gasteiger charge is 2.28. The third kappa shape index (κ3) is 2.18. The van der Waals surface area contributed by atoms with Crippen molar-refractivity contribution in [1.82, 2.24) is 19.7 Å². The van der Waals surface area contributed by atoms with E-state index in [-0.39, 0.29) is 11.9 Å². The zero-order chi connectivity index (χ0) is 13.4. The minimum absolute atomic E-state index is 0.107. The van der Waals surface area contributed by atoms with E-state index in [4.69, 9.17) is 4.74 Å². The number of ether oxygens (including phenoxy) is 1. The van der Waals surface area contributed by atoms with Crippen LogP contribution in [0.1, 0.15) is 12.2 Å². The Morgan fingerprint density at radius 3 is 3.11 bits per heavy atom. The van der Waals surface area contributed by atoms with Crippen LogP contribution >= 0.6 is 15.9 Å². The molecule has 19 heavy (non-hydrogen) atoms. The highest BCUT2D eigenvalue weighted by Crippen LogP contribution is 2.26. The molecule has 0 saturated heterocycles. The number of esters is 1. The first-order valence-corrected chi connectivity index (χ1v) is 6.82. The summed E-state index contributed by atoms with van der Waals surface area (Å²) in [5.74, 6) is 1.37. The van der Waals surface area contributed by atoms with Crippen molar-refractivity contribution in [2.75, 3.05) is 7.11 Å². The molecule has 1 aliphatic rings. The first kappa shape index (κ1) is 12.4. The second-order valence-corrected chi connectivity index (χ2v) is 5.45. The average Bonchev–Trinajstić information content (AvgIpc) is 3.02. The van der Waals surface area contributed by atoms with Gasteiger partial charge in [-0.25, -0.2) is 0 Å². The second kappa shape index (κ2) is 4.80. The number of hydrogen-bond donors (Lipinski definition) is 1. The molecule has 6 nitrogen and oxygen atoms in total. The molecule has 0 saturated carbocycles. The van der Waals surface area contributed by atoms with Crippen LogP contribution in [-0.4, -0.2) is 32.8 Å². The number of aromatic amines is 1. The Kier molecular flexibility index (Phi) is 3.14. The van der Waals surface area contributed by atoms with Crippen molar-refractivity contribution >= 4 is 21.9 Å². The van der Waals surface area contributed by atoms with Crippen LogP contribution in [0, 0.1) is 5.92 Å². The molecule has 1 unspecified atom stereocenters. The van der Waals surface area contributed by atoms with Gasteiger partial charge in [0.15, 0.2) is 5.82 Å². The normalized spacial score (nSPS) is 18.1. The molecule has 0 radical (unpaired) electrons. The first-order chi connectivity index (χ1) is 9.19. The molecular weight excluding hydrogens is 312 g/mol. The summed E-state index contributed by atoms with van der Waals surface area (Å²) in [4.78, 5) is 14.7. The monoisotopic (exact) mass is 324 g/mol. The lowest BCUT2D eigenvalue weighted by atomic mass is 9.98. The Bertz CT molecular complexity index is 619. The maximum Gasteiger partial charge on any atom is 0.309 e. The Morgan fingerprint density at radius 2 is 2.42 bits per heavy atom. The quantitative estimate of drug-likeness (QED) is 0.854. The molecule has 0 bridgehead atoms. The van der Waals surface area contributed by atoms with Crippen molar-refractivity contribution in [2.45, 2.75) is 19.4 Å². The van der Waals surface area contributed by atoms with Crippen molar-refractivity contribution in [3.63, 3.8) is 0 Å². The summed E-state index contributed by atoms with van der Waals surface area (Å²) >= 11 is 3.40. The van der Waals surface area contributed by atoms with E-state index in [0.717, 1.165) is 34.8 Å². The van der Waals surface area contributed by atoms with Gasteiger partial charge in [0, 0.05) is 23.6 Å². The molecular formula is C12H13BrN4O2. The topological polar surface area (TPSA) is 72.8 Å². The third-order valence-electron chi connectivity index (χ3n) is 3.38. The number of halogens is 1. The number of nitrogens with one attached hydrogen (secondary N) is 1. The predicted molar refractivity (Wildman–Crippen MR) is 71.3 cm³/mol. The van der Waals surface area contributed by atoms with Crippen LogP contribution in [-0.2, 0) is 22.5 Å². The number of methoxy groups -OCH3 is 1. The van der Waals surface area contributed by atoms with Gasteiger partial charge in [-0.3, -0.25) is 4.79 Å². The molecule has 0 aliphatic carbocycles. The summed E-state index contributed by atoms with van der Waals surface area (Å²) in [6, 6.07) is 1.96. The molecule has 0 spiro atoms. The Morgan fingerprint density at radius 1 is 1.58 bits per heavy atom. The van der Waals surface area contributed by atoms with Crippen molar-refractivity contribution in [2.24, 2.45) is 5.92 Å². The van der Waals surface area contributed by atoms with Crippen LogP contribution in [0.5, 0.6) is 0 Å². The van der Waals surface area contributed by atoms with E-state index in [9.17, 15) is 4.79 Å². The number of aromatic nitrogens is 4. The van der Waals surface area contributed by atoms with Gasteiger partial charge in [0.2, 0.25) is 0 Å². The highest BCUT2D eigenvalue weighted by molar-refractivity contribution is 9.10. The molecule has 3 heterocycles. The Balaban J connectivity index is 1.90. The number of hydrogen-bond acceptors (Lipinski definition) is 4. The lowest BCUT2D eigenvalue weighted by Gasteiger charge is -2.21. The van der Waals surface area contributed by atoms with Crippen LogP contribution in [0.2, 0.25) is 0 Å². The molecule has 2 aromatic heterocycles. The number of carbonyl (C=O) groups excluding carboxylic acids is 1. The molecule has 0 fully saturated rings. The van der Waals surface area contributed by atoms with E-state index in [2.05, 4.69) is 35.7 Å². The molecule has 1 N–H and O–H groups in total. The first-order valence-electron chi connectivity index (χ1n) is 6.03. The van der Waals surface area contributed by atoms with Crippen LogP contribution in [0.25, 0.3) is 11.5 Å². The summed E-state index contributed by atoms with van der Waals surface area (Å²) in [5, 5.41) is 8.39. The van der Waals surface area contributed by atoms with E-state index < -0.39 is 0 Å². The summed E-state index contributed by atoms with van der Waals surface area (Å²) < 4.78 is 7.82. The van der Waals surface area contributed by atoms with Crippen molar-refractivity contribution < 1.29 is 9.53 Å². The fourth-order valence-electron chi connectivity index (χ4n) is 2.39. The number of fused-ring (bicyclic) bond motifs is 1. The van der Waals surface area contributed by atoms with Crippen molar-refractivity contribution in [3.8, 4) is 11.5 Å². The lowest BCUT2D eigenvalue weighted by Crippen LogP contribution is -2.27. The number of rotatable bonds is 2. The van der Waals surface area contributed by atoms with Crippen LogP contribution in [0.4, 0.5) is 0 Å². The number of H-pyrrole nitrogens is 1. The molecule has 1 atom stereocenters. The number of nitrogens with zero attached hydrogens (tertiary/aromatic N) is 3. The van der Waals surface area contributed by atoms with Crippen LogP contribution in [0.3, 0.4) is 0 Å². The zero-order valence-electron chi connectivity index (χ0n) is 10.4. The van der Waals surface area contributed by atoms with Gasteiger partial charge in [-0.05, 0) is 28.4 Å². The van der Waals surface area contributed by atoms with Gasteiger partial charge in [-0.1, -0.05) is 0 Å². The van der Waals surface area contributed by atoms with Gasteiger partial charge in [-0.2, -0.15) is 0 Å². The second-order valence-electron chi connectivity index (χ2n) is 4.54. The van der Waals surface area contributed by atoms with Gasteiger partial charge in [0.05, 0.1) is 18.7 Å². The molecule has 3 rings (SSSR count). The van der Waals surface area contributed by atoms with Gasteiger partial charge >= 0.3 is 5.97 Å². The van der Waals surface area contributed by atoms with E-state index in [0.29, 0.717) is 6.42 Å². The summed E-state index contributed by atoms with van der Waals surface area (Å²) in [6.45, 7) is 0.730. The average molecular weight is 325 g/mol. The fraction of sp³-hybridized carbons (Fsp3) is 0.417. The smallest absolute Gasteiger partial charge is 0.309 e. The van der Waals surface area contributed by atoms with E-state index >= 15 is 0 Å². The van der Waals surface area contributed by atoms with Crippen molar-refractivity contribution in [1.29, 1.82) is 0 Å². The SMILES string of the molecule is COC(=O)C1CCn2c(nnc2-c2cc(Br)c[nH]2)C1. The molecule has 2 aromatic rings. The molecule has 0 amide bonds. The Labute approximate surface area is 118 Å². The van der Waals surface area contributed by atoms with Gasteiger partial charge in [0.25, 0.3) is 0 Å². The standard InChI is InChI=1S/C12H13BrN4O2/c1-19-12(18)7-2-3-17-10(4-7)15-16-11(17)9-5-8(13)6-14-9/h5-7,14H,2-4H2,1H3.